The van der Waals surface area contributed by atoms with Crippen LogP contribution in [0.5, 0.6) is 0 Å². The molecule has 132 valence electrons. The summed E-state index contributed by atoms with van der Waals surface area (Å²) in [5, 5.41) is 4.02. The Labute approximate surface area is 156 Å². The highest BCUT2D eigenvalue weighted by atomic mass is 32.2. The molecular formula is C21H20N2O2S. The quantitative estimate of drug-likeness (QED) is 0.722. The zero-order valence-electron chi connectivity index (χ0n) is 14.4. The highest BCUT2D eigenvalue weighted by molar-refractivity contribution is 7.99. The molecule has 1 aromatic heterocycles. The fraction of sp³-hybridized carbons (Fsp3) is 0.238. The average Bonchev–Trinajstić information content (AvgIpc) is 3.13. The molecule has 2 N–H and O–H groups in total. The number of nitrogens with one attached hydrogen (secondary N) is 2. The highest BCUT2D eigenvalue weighted by Crippen LogP contribution is 2.27. The maximum absolute atomic E-state index is 12.2. The number of aromatic amines is 1. The van der Waals surface area contributed by atoms with E-state index in [0.717, 1.165) is 47.2 Å². The molecule has 0 spiro atoms. The van der Waals surface area contributed by atoms with Gasteiger partial charge in [-0.15, -0.1) is 11.8 Å². The van der Waals surface area contributed by atoms with Crippen molar-refractivity contribution in [2.24, 2.45) is 0 Å². The molecule has 1 heterocycles. The first-order valence-electron chi connectivity index (χ1n) is 8.80. The Bertz CT molecular complexity index is 1010. The van der Waals surface area contributed by atoms with Gasteiger partial charge in [0.1, 0.15) is 0 Å². The summed E-state index contributed by atoms with van der Waals surface area (Å²) < 4.78 is 0. The number of hydrogen-bond acceptors (Lipinski definition) is 3. The predicted octanol–water partition coefficient (Wildman–Crippen LogP) is 3.89. The number of aromatic nitrogens is 1. The van der Waals surface area contributed by atoms with E-state index in [1.807, 2.05) is 36.4 Å². The second kappa shape index (κ2) is 7.38. The van der Waals surface area contributed by atoms with E-state index < -0.39 is 0 Å². The van der Waals surface area contributed by atoms with E-state index in [9.17, 15) is 9.59 Å². The Morgan fingerprint density at radius 3 is 2.73 bits per heavy atom. The zero-order chi connectivity index (χ0) is 17.9. The monoisotopic (exact) mass is 364 g/mol. The zero-order valence-corrected chi connectivity index (χ0v) is 15.2. The molecule has 1 aliphatic carbocycles. The van der Waals surface area contributed by atoms with Crippen LogP contribution in [0.4, 0.5) is 5.69 Å². The van der Waals surface area contributed by atoms with Gasteiger partial charge < -0.3 is 10.3 Å². The molecule has 1 aliphatic rings. The van der Waals surface area contributed by atoms with Crippen molar-refractivity contribution in [3.05, 3.63) is 75.6 Å². The van der Waals surface area contributed by atoms with Crippen molar-refractivity contribution in [2.75, 3.05) is 11.1 Å². The highest BCUT2D eigenvalue weighted by Gasteiger charge is 2.18. The first-order chi connectivity index (χ1) is 12.7. The molecule has 26 heavy (non-hydrogen) atoms. The summed E-state index contributed by atoms with van der Waals surface area (Å²) in [6.07, 6.45) is 2.85. The molecule has 1 amide bonds. The third kappa shape index (κ3) is 3.53. The lowest BCUT2D eigenvalue weighted by Gasteiger charge is -2.09. The molecule has 5 heteroatoms. The maximum Gasteiger partial charge on any atom is 0.251 e. The summed E-state index contributed by atoms with van der Waals surface area (Å²) in [4.78, 5) is 27.3. The smallest absolute Gasteiger partial charge is 0.251 e. The van der Waals surface area contributed by atoms with Gasteiger partial charge in [-0.2, -0.15) is 0 Å². The molecule has 0 bridgehead atoms. The summed E-state index contributed by atoms with van der Waals surface area (Å²) in [5.41, 5.74) is 4.82. The number of aryl methyl sites for hydroxylation is 1. The van der Waals surface area contributed by atoms with Gasteiger partial charge in [0.25, 0.3) is 5.56 Å². The van der Waals surface area contributed by atoms with Gasteiger partial charge in [0.05, 0.1) is 11.3 Å². The molecule has 3 aromatic rings. The van der Waals surface area contributed by atoms with Crippen LogP contribution in [0, 0.1) is 0 Å². The van der Waals surface area contributed by atoms with Crippen molar-refractivity contribution in [2.45, 2.75) is 25.0 Å². The van der Waals surface area contributed by atoms with Crippen LogP contribution in [0.2, 0.25) is 0 Å². The van der Waals surface area contributed by atoms with Gasteiger partial charge in [-0.3, -0.25) is 9.59 Å². The molecule has 0 unspecified atom stereocenters. The topological polar surface area (TPSA) is 62.0 Å². The molecule has 0 atom stereocenters. The number of pyridine rings is 1. The summed E-state index contributed by atoms with van der Waals surface area (Å²) in [6, 6.07) is 15.9. The van der Waals surface area contributed by atoms with E-state index in [1.54, 1.807) is 11.8 Å². The normalized spacial score (nSPS) is 12.9. The largest absolute Gasteiger partial charge is 0.325 e. The number of hydrogen-bond donors (Lipinski definition) is 2. The van der Waals surface area contributed by atoms with Crippen LogP contribution < -0.4 is 10.9 Å². The Morgan fingerprint density at radius 2 is 1.88 bits per heavy atom. The molecule has 2 aromatic carbocycles. The molecule has 0 radical (unpaired) electrons. The Balaban J connectivity index is 1.43. The lowest BCUT2D eigenvalue weighted by Crippen LogP contribution is -2.15. The number of anilines is 1. The maximum atomic E-state index is 12.2. The number of H-pyrrole nitrogens is 1. The van der Waals surface area contributed by atoms with E-state index in [4.69, 9.17) is 0 Å². The summed E-state index contributed by atoms with van der Waals surface area (Å²) >= 11 is 1.59. The van der Waals surface area contributed by atoms with Gasteiger partial charge in [0.15, 0.2) is 0 Å². The first-order valence-corrected chi connectivity index (χ1v) is 9.95. The van der Waals surface area contributed by atoms with Gasteiger partial charge in [0.2, 0.25) is 5.91 Å². The van der Waals surface area contributed by atoms with Crippen molar-refractivity contribution in [3.63, 3.8) is 0 Å². The average molecular weight is 364 g/mol. The third-order valence-corrected chi connectivity index (χ3v) is 5.72. The lowest BCUT2D eigenvalue weighted by atomic mass is 10.1. The van der Waals surface area contributed by atoms with Crippen LogP contribution in [0.25, 0.3) is 10.9 Å². The Hall–Kier alpha value is -2.53. The van der Waals surface area contributed by atoms with Gasteiger partial charge in [-0.25, -0.2) is 0 Å². The number of rotatable bonds is 5. The van der Waals surface area contributed by atoms with Crippen molar-refractivity contribution in [3.8, 4) is 0 Å². The third-order valence-electron chi connectivity index (χ3n) is 4.71. The molecular weight excluding hydrogens is 344 g/mol. The summed E-state index contributed by atoms with van der Waals surface area (Å²) in [7, 11) is 0. The summed E-state index contributed by atoms with van der Waals surface area (Å²) in [5.74, 6) is 1.17. The van der Waals surface area contributed by atoms with E-state index in [0.29, 0.717) is 5.75 Å². The number of carbonyl (C=O) groups is 1. The molecule has 4 nitrogen and oxygen atoms in total. The van der Waals surface area contributed by atoms with E-state index in [2.05, 4.69) is 22.4 Å². The molecule has 0 aliphatic heterocycles. The Kier molecular flexibility index (Phi) is 4.80. The lowest BCUT2D eigenvalue weighted by molar-refractivity contribution is -0.113. The molecule has 0 saturated carbocycles. The summed E-state index contributed by atoms with van der Waals surface area (Å²) in [6.45, 7) is 0. The van der Waals surface area contributed by atoms with Crippen LogP contribution in [0.1, 0.15) is 23.1 Å². The number of carbonyl (C=O) groups excluding carboxylic acids is 1. The van der Waals surface area contributed by atoms with Gasteiger partial charge >= 0.3 is 0 Å². The first kappa shape index (κ1) is 16.9. The standard InChI is InChI=1S/C21H20N2O2S/c24-20(13-26-12-14-5-2-1-3-6-14)22-15-9-10-17-16-7-4-8-18(16)21(25)23-19(17)11-15/h1-3,5-6,9-11H,4,7-8,12-13H2,(H,22,24)(H,23,25). The van der Waals surface area contributed by atoms with Crippen LogP contribution in [-0.4, -0.2) is 16.6 Å². The molecule has 0 saturated heterocycles. The number of amides is 1. The number of thioether (sulfide) groups is 1. The predicted molar refractivity (Wildman–Crippen MR) is 108 cm³/mol. The van der Waals surface area contributed by atoms with Gasteiger partial charge in [-0.1, -0.05) is 36.4 Å². The van der Waals surface area contributed by atoms with Gasteiger partial charge in [-0.05, 0) is 42.5 Å². The Morgan fingerprint density at radius 1 is 1.08 bits per heavy atom. The minimum absolute atomic E-state index is 0.00638. The fourth-order valence-corrected chi connectivity index (χ4v) is 4.30. The molecule has 0 fully saturated rings. The minimum Gasteiger partial charge on any atom is -0.325 e. The second-order valence-electron chi connectivity index (χ2n) is 6.55. The van der Waals surface area contributed by atoms with Crippen molar-refractivity contribution < 1.29 is 4.79 Å². The molecule has 4 rings (SSSR count). The number of fused-ring (bicyclic) bond motifs is 3. The van der Waals surface area contributed by atoms with Crippen LogP contribution >= 0.6 is 11.8 Å². The van der Waals surface area contributed by atoms with E-state index in [1.165, 1.54) is 11.1 Å². The number of benzene rings is 2. The minimum atomic E-state index is -0.0335. The van der Waals surface area contributed by atoms with Crippen LogP contribution in [0.15, 0.2) is 53.3 Å². The van der Waals surface area contributed by atoms with E-state index in [-0.39, 0.29) is 11.5 Å². The fourth-order valence-electron chi connectivity index (χ4n) is 3.51. The van der Waals surface area contributed by atoms with Crippen LogP contribution in [0.3, 0.4) is 0 Å². The second-order valence-corrected chi connectivity index (χ2v) is 7.54. The van der Waals surface area contributed by atoms with Crippen LogP contribution in [-0.2, 0) is 23.4 Å². The van der Waals surface area contributed by atoms with Crippen molar-refractivity contribution in [1.82, 2.24) is 4.98 Å². The van der Waals surface area contributed by atoms with Crippen molar-refractivity contribution in [1.29, 1.82) is 0 Å². The SMILES string of the molecule is O=C(CSCc1ccccc1)Nc1ccc2c3c(c(=O)[nH]c2c1)CCC3. The van der Waals surface area contributed by atoms with Crippen molar-refractivity contribution >= 4 is 34.3 Å². The van der Waals surface area contributed by atoms with Gasteiger partial charge in [0, 0.05) is 22.4 Å². The van der Waals surface area contributed by atoms with E-state index >= 15 is 0 Å².